The summed E-state index contributed by atoms with van der Waals surface area (Å²) in [5.74, 6) is -0.966. The molecule has 2 nitrogen and oxygen atoms in total. The summed E-state index contributed by atoms with van der Waals surface area (Å²) in [6, 6.07) is 17.2. The lowest BCUT2D eigenvalue weighted by molar-refractivity contribution is -0.200. The maximum Gasteiger partial charge on any atom is 0.174 e. The third-order valence-electron chi connectivity index (χ3n) is 5.95. The number of benzene rings is 2. The third-order valence-corrected chi connectivity index (χ3v) is 5.95. The highest BCUT2D eigenvalue weighted by Gasteiger charge is 2.57. The minimum atomic E-state index is -0.966. The van der Waals surface area contributed by atoms with Gasteiger partial charge in [-0.2, -0.15) is 0 Å². The van der Waals surface area contributed by atoms with E-state index in [1.165, 1.54) is 27.8 Å². The lowest BCUT2D eigenvalue weighted by atomic mass is 9.77. The van der Waals surface area contributed by atoms with Crippen LogP contribution in [0.15, 0.2) is 54.6 Å². The summed E-state index contributed by atoms with van der Waals surface area (Å²) in [6.07, 6.45) is 6.04. The Kier molecular flexibility index (Phi) is 2.68. The van der Waals surface area contributed by atoms with Gasteiger partial charge in [-0.1, -0.05) is 54.6 Å². The molecule has 0 spiro atoms. The Bertz CT molecular complexity index is 761. The number of ether oxygens (including phenoxy) is 1. The van der Waals surface area contributed by atoms with Crippen LogP contribution in [0.25, 0.3) is 16.7 Å². The Balaban J connectivity index is 1.75. The van der Waals surface area contributed by atoms with E-state index in [0.29, 0.717) is 6.61 Å². The topological polar surface area (TPSA) is 29.5 Å². The Morgan fingerprint density at radius 2 is 1.43 bits per heavy atom. The van der Waals surface area contributed by atoms with E-state index in [-0.39, 0.29) is 5.41 Å². The van der Waals surface area contributed by atoms with Gasteiger partial charge >= 0.3 is 0 Å². The summed E-state index contributed by atoms with van der Waals surface area (Å²) in [5, 5.41) is 11.0. The number of hydrogen-bond acceptors (Lipinski definition) is 2. The second kappa shape index (κ2) is 4.56. The van der Waals surface area contributed by atoms with Gasteiger partial charge in [-0.05, 0) is 47.1 Å². The van der Waals surface area contributed by atoms with Gasteiger partial charge in [-0.25, -0.2) is 0 Å². The summed E-state index contributed by atoms with van der Waals surface area (Å²) in [5.41, 5.74) is 6.19. The van der Waals surface area contributed by atoms with Crippen molar-refractivity contribution in [2.45, 2.75) is 31.5 Å². The number of rotatable bonds is 1. The average Bonchev–Trinajstić information content (AvgIpc) is 3.16. The molecule has 3 aliphatic rings. The predicted octanol–water partition coefficient (Wildman–Crippen LogP) is 4.38. The highest BCUT2D eigenvalue weighted by Crippen LogP contribution is 2.57. The monoisotopic (exact) mass is 304 g/mol. The molecular formula is C21H20O2. The fourth-order valence-corrected chi connectivity index (χ4v) is 4.77. The van der Waals surface area contributed by atoms with Gasteiger partial charge in [0, 0.05) is 11.8 Å². The molecule has 23 heavy (non-hydrogen) atoms. The molecule has 2 aromatic rings. The highest BCUT2D eigenvalue weighted by atomic mass is 16.6. The van der Waals surface area contributed by atoms with Crippen LogP contribution in [0.4, 0.5) is 0 Å². The van der Waals surface area contributed by atoms with E-state index in [4.69, 9.17) is 4.74 Å². The van der Waals surface area contributed by atoms with E-state index in [2.05, 4.69) is 54.6 Å². The molecule has 1 N–H and O–H groups in total. The molecule has 1 heterocycles. The third kappa shape index (κ3) is 1.71. The molecule has 2 aromatic carbocycles. The van der Waals surface area contributed by atoms with Crippen molar-refractivity contribution in [2.75, 3.05) is 6.61 Å². The molecule has 1 aliphatic heterocycles. The summed E-state index contributed by atoms with van der Waals surface area (Å²) in [4.78, 5) is 0. The van der Waals surface area contributed by atoms with E-state index in [1.54, 1.807) is 0 Å². The Morgan fingerprint density at radius 1 is 0.826 bits per heavy atom. The van der Waals surface area contributed by atoms with Gasteiger partial charge in [0.15, 0.2) is 5.79 Å². The van der Waals surface area contributed by atoms with Crippen LogP contribution in [0, 0.1) is 5.41 Å². The van der Waals surface area contributed by atoms with Crippen molar-refractivity contribution in [1.29, 1.82) is 0 Å². The van der Waals surface area contributed by atoms with Gasteiger partial charge in [0.25, 0.3) is 0 Å². The first-order chi connectivity index (χ1) is 11.2. The van der Waals surface area contributed by atoms with Crippen molar-refractivity contribution in [1.82, 2.24) is 0 Å². The van der Waals surface area contributed by atoms with E-state index >= 15 is 0 Å². The van der Waals surface area contributed by atoms with Crippen molar-refractivity contribution >= 4 is 5.57 Å². The smallest absolute Gasteiger partial charge is 0.174 e. The molecule has 5 rings (SSSR count). The largest absolute Gasteiger partial charge is 0.365 e. The summed E-state index contributed by atoms with van der Waals surface area (Å²) < 4.78 is 5.76. The van der Waals surface area contributed by atoms with Gasteiger partial charge in [0.1, 0.15) is 0 Å². The number of fused-ring (bicyclic) bond motifs is 4. The first-order valence-electron chi connectivity index (χ1n) is 8.51. The molecule has 0 radical (unpaired) electrons. The quantitative estimate of drug-likeness (QED) is 0.723. The van der Waals surface area contributed by atoms with E-state index in [0.717, 1.165) is 25.7 Å². The predicted molar refractivity (Wildman–Crippen MR) is 90.8 cm³/mol. The molecular weight excluding hydrogens is 284 g/mol. The molecule has 1 saturated carbocycles. The Morgan fingerprint density at radius 3 is 2.09 bits per heavy atom. The van der Waals surface area contributed by atoms with Gasteiger partial charge < -0.3 is 9.84 Å². The van der Waals surface area contributed by atoms with E-state index in [1.807, 2.05) is 0 Å². The minimum absolute atomic E-state index is 0.229. The summed E-state index contributed by atoms with van der Waals surface area (Å²) in [6.45, 7) is 0.656. The lowest BCUT2D eigenvalue weighted by Gasteiger charge is -2.32. The zero-order valence-electron chi connectivity index (χ0n) is 13.1. The second-order valence-electron chi connectivity index (χ2n) is 7.04. The molecule has 0 bridgehead atoms. The van der Waals surface area contributed by atoms with Crippen molar-refractivity contribution in [2.24, 2.45) is 5.41 Å². The van der Waals surface area contributed by atoms with Crippen LogP contribution < -0.4 is 0 Å². The van der Waals surface area contributed by atoms with Crippen LogP contribution in [-0.4, -0.2) is 17.5 Å². The van der Waals surface area contributed by atoms with Gasteiger partial charge in [-0.15, -0.1) is 0 Å². The first kappa shape index (κ1) is 13.5. The maximum atomic E-state index is 11.0. The van der Waals surface area contributed by atoms with Crippen LogP contribution in [0.2, 0.25) is 0 Å². The minimum Gasteiger partial charge on any atom is -0.365 e. The van der Waals surface area contributed by atoms with E-state index in [9.17, 15) is 5.11 Å². The Hall–Kier alpha value is -1.90. The second-order valence-corrected chi connectivity index (χ2v) is 7.04. The molecule has 1 saturated heterocycles. The van der Waals surface area contributed by atoms with Crippen LogP contribution in [0.3, 0.4) is 0 Å². The molecule has 2 heteroatoms. The zero-order valence-corrected chi connectivity index (χ0v) is 13.1. The van der Waals surface area contributed by atoms with Crippen LogP contribution >= 0.6 is 0 Å². The SMILES string of the molecule is O[C@]12CCC[C@@]1(C=C1c3ccccc3-c3ccccc31)CCO2. The summed E-state index contributed by atoms with van der Waals surface area (Å²) in [7, 11) is 0. The van der Waals surface area contributed by atoms with Gasteiger partial charge in [0.2, 0.25) is 0 Å². The number of hydrogen-bond donors (Lipinski definition) is 1. The molecule has 116 valence electrons. The maximum absolute atomic E-state index is 11.0. The molecule has 0 aromatic heterocycles. The molecule has 0 unspecified atom stereocenters. The molecule has 2 atom stereocenters. The van der Waals surface area contributed by atoms with Crippen LogP contribution in [-0.2, 0) is 4.74 Å². The van der Waals surface area contributed by atoms with Gasteiger partial charge in [0.05, 0.1) is 6.61 Å². The lowest BCUT2D eigenvalue weighted by Crippen LogP contribution is -2.39. The normalized spacial score (nSPS) is 30.9. The fraction of sp³-hybridized carbons (Fsp3) is 0.333. The van der Waals surface area contributed by atoms with Crippen LogP contribution in [0.5, 0.6) is 0 Å². The van der Waals surface area contributed by atoms with Gasteiger partial charge in [-0.3, -0.25) is 0 Å². The fourth-order valence-electron chi connectivity index (χ4n) is 4.77. The standard InChI is InChI=1S/C21H20O2/c22-21-11-5-10-20(21,12-13-23-21)14-19-17-8-3-1-6-15(17)16-7-2-4-9-18(16)19/h1-4,6-9,14,22H,5,10-13H2/t20-,21-/m0/s1. The molecule has 2 fully saturated rings. The van der Waals surface area contributed by atoms with E-state index < -0.39 is 5.79 Å². The van der Waals surface area contributed by atoms with Crippen LogP contribution in [0.1, 0.15) is 36.8 Å². The van der Waals surface area contributed by atoms with Crippen molar-refractivity contribution in [3.05, 3.63) is 65.7 Å². The average molecular weight is 304 g/mol. The van der Waals surface area contributed by atoms with Crippen molar-refractivity contribution in [3.63, 3.8) is 0 Å². The molecule has 2 aliphatic carbocycles. The van der Waals surface area contributed by atoms with Crippen molar-refractivity contribution < 1.29 is 9.84 Å². The summed E-state index contributed by atoms with van der Waals surface area (Å²) >= 11 is 0. The molecule has 0 amide bonds. The first-order valence-corrected chi connectivity index (χ1v) is 8.51. The highest BCUT2D eigenvalue weighted by molar-refractivity contribution is 6.01. The zero-order chi connectivity index (χ0) is 15.5. The Labute approximate surface area is 136 Å². The van der Waals surface area contributed by atoms with Crippen molar-refractivity contribution in [3.8, 4) is 11.1 Å². The number of aliphatic hydroxyl groups is 1.